The van der Waals surface area contributed by atoms with Crippen molar-refractivity contribution in [3.8, 4) is 0 Å². The number of nitrogens with zero attached hydrogens (tertiary/aromatic N) is 1. The molecular formula is C17H28ClN3O. The fourth-order valence-electron chi connectivity index (χ4n) is 2.06. The van der Waals surface area contributed by atoms with Gasteiger partial charge in [0.15, 0.2) is 5.96 Å². The van der Waals surface area contributed by atoms with Crippen LogP contribution in [-0.4, -0.2) is 36.3 Å². The summed E-state index contributed by atoms with van der Waals surface area (Å²) in [7, 11) is 0. The second-order valence-electron chi connectivity index (χ2n) is 5.43. The molecule has 124 valence electrons. The highest BCUT2D eigenvalue weighted by atomic mass is 35.5. The Kier molecular flexibility index (Phi) is 8.28. The zero-order chi connectivity index (χ0) is 16.4. The molecule has 22 heavy (non-hydrogen) atoms. The van der Waals surface area contributed by atoms with E-state index in [1.807, 2.05) is 39.0 Å². The van der Waals surface area contributed by atoms with Gasteiger partial charge in [-0.2, -0.15) is 0 Å². The van der Waals surface area contributed by atoms with E-state index in [1.165, 1.54) is 5.56 Å². The molecule has 0 heterocycles. The van der Waals surface area contributed by atoms with Crippen LogP contribution in [0.15, 0.2) is 29.3 Å². The summed E-state index contributed by atoms with van der Waals surface area (Å²) in [4.78, 5) is 4.49. The van der Waals surface area contributed by atoms with Gasteiger partial charge in [-0.05, 0) is 43.9 Å². The highest BCUT2D eigenvalue weighted by Crippen LogP contribution is 2.14. The average Bonchev–Trinajstić information content (AvgIpc) is 2.52. The fourth-order valence-corrected chi connectivity index (χ4v) is 2.27. The number of aliphatic hydroxyl groups is 1. The zero-order valence-corrected chi connectivity index (χ0v) is 14.6. The quantitative estimate of drug-likeness (QED) is 0.509. The summed E-state index contributed by atoms with van der Waals surface area (Å²) in [5, 5.41) is 17.6. The van der Waals surface area contributed by atoms with Crippen LogP contribution in [0.25, 0.3) is 0 Å². The van der Waals surface area contributed by atoms with Crippen LogP contribution in [0, 0.1) is 0 Å². The van der Waals surface area contributed by atoms with E-state index in [9.17, 15) is 5.11 Å². The van der Waals surface area contributed by atoms with E-state index in [0.29, 0.717) is 19.4 Å². The topological polar surface area (TPSA) is 56.7 Å². The molecule has 0 atom stereocenters. The van der Waals surface area contributed by atoms with Crippen molar-refractivity contribution in [1.82, 2.24) is 10.6 Å². The predicted octanol–water partition coefficient (Wildman–Crippen LogP) is 2.99. The third-order valence-corrected chi connectivity index (χ3v) is 4.02. The molecule has 0 saturated heterocycles. The molecular weight excluding hydrogens is 298 g/mol. The van der Waals surface area contributed by atoms with Gasteiger partial charge in [0.2, 0.25) is 0 Å². The molecule has 0 aliphatic carbocycles. The predicted molar refractivity (Wildman–Crippen MR) is 94.7 cm³/mol. The molecule has 1 rings (SSSR count). The van der Waals surface area contributed by atoms with Crippen molar-refractivity contribution >= 4 is 17.6 Å². The molecule has 0 radical (unpaired) electrons. The Morgan fingerprint density at radius 1 is 1.23 bits per heavy atom. The number of benzene rings is 1. The highest BCUT2D eigenvalue weighted by Gasteiger charge is 2.21. The van der Waals surface area contributed by atoms with E-state index in [4.69, 9.17) is 11.6 Å². The molecule has 0 saturated carbocycles. The molecule has 0 amide bonds. The van der Waals surface area contributed by atoms with E-state index in [0.717, 1.165) is 30.5 Å². The molecule has 0 fully saturated rings. The molecule has 3 N–H and O–H groups in total. The van der Waals surface area contributed by atoms with Gasteiger partial charge in [-0.15, -0.1) is 0 Å². The van der Waals surface area contributed by atoms with E-state index >= 15 is 0 Å². The van der Waals surface area contributed by atoms with E-state index in [1.54, 1.807) is 0 Å². The summed E-state index contributed by atoms with van der Waals surface area (Å²) >= 11 is 5.98. The largest absolute Gasteiger partial charge is 0.388 e. The summed E-state index contributed by atoms with van der Waals surface area (Å²) in [5.74, 6) is 0.741. The summed E-state index contributed by atoms with van der Waals surface area (Å²) in [6, 6.07) is 7.87. The van der Waals surface area contributed by atoms with Gasteiger partial charge in [0.05, 0.1) is 12.1 Å². The first kappa shape index (κ1) is 18.8. The maximum absolute atomic E-state index is 10.3. The van der Waals surface area contributed by atoms with Crippen molar-refractivity contribution in [2.24, 2.45) is 4.99 Å². The summed E-state index contributed by atoms with van der Waals surface area (Å²) < 4.78 is 0. The minimum absolute atomic E-state index is 0.409. The van der Waals surface area contributed by atoms with Crippen molar-refractivity contribution in [2.75, 3.05) is 19.6 Å². The highest BCUT2D eigenvalue weighted by molar-refractivity contribution is 6.30. The van der Waals surface area contributed by atoms with Crippen LogP contribution < -0.4 is 10.6 Å². The van der Waals surface area contributed by atoms with Crippen LogP contribution in [0.3, 0.4) is 0 Å². The minimum Gasteiger partial charge on any atom is -0.388 e. The van der Waals surface area contributed by atoms with Crippen LogP contribution in [0.1, 0.15) is 39.2 Å². The molecule has 0 unspecified atom stereocenters. The summed E-state index contributed by atoms with van der Waals surface area (Å²) in [5.41, 5.74) is 0.476. The monoisotopic (exact) mass is 325 g/mol. The molecule has 0 bridgehead atoms. The van der Waals surface area contributed by atoms with Crippen molar-refractivity contribution in [3.63, 3.8) is 0 Å². The Hall–Kier alpha value is -1.26. The van der Waals surface area contributed by atoms with Gasteiger partial charge in [-0.1, -0.05) is 37.6 Å². The van der Waals surface area contributed by atoms with Crippen molar-refractivity contribution in [2.45, 2.75) is 45.6 Å². The third kappa shape index (κ3) is 6.67. The van der Waals surface area contributed by atoms with Crippen molar-refractivity contribution in [3.05, 3.63) is 34.9 Å². The molecule has 0 spiro atoms. The van der Waals surface area contributed by atoms with Gasteiger partial charge < -0.3 is 15.7 Å². The number of nitrogens with one attached hydrogen (secondary N) is 2. The first-order chi connectivity index (χ1) is 10.5. The van der Waals surface area contributed by atoms with Gasteiger partial charge in [-0.25, -0.2) is 0 Å². The Morgan fingerprint density at radius 3 is 2.55 bits per heavy atom. The third-order valence-electron chi connectivity index (χ3n) is 3.79. The lowest BCUT2D eigenvalue weighted by Gasteiger charge is -2.23. The Bertz CT molecular complexity index is 473. The van der Waals surface area contributed by atoms with Gasteiger partial charge in [0.25, 0.3) is 0 Å². The van der Waals surface area contributed by atoms with Crippen LogP contribution >= 0.6 is 11.6 Å². The van der Waals surface area contributed by atoms with Gasteiger partial charge in [0.1, 0.15) is 0 Å². The fraction of sp³-hybridized carbons (Fsp3) is 0.588. The van der Waals surface area contributed by atoms with Crippen LogP contribution in [-0.2, 0) is 6.42 Å². The maximum Gasteiger partial charge on any atom is 0.191 e. The standard InChI is InChI=1S/C17H28ClN3O/c1-4-17(22,5-2)13-21-16(19-6-3)20-11-10-14-8-7-9-15(18)12-14/h7-9,12,22H,4-6,10-11,13H2,1-3H3,(H2,19,20,21). The zero-order valence-electron chi connectivity index (χ0n) is 13.8. The van der Waals surface area contributed by atoms with E-state index in [2.05, 4.69) is 21.7 Å². The number of hydrogen-bond acceptors (Lipinski definition) is 2. The maximum atomic E-state index is 10.3. The summed E-state index contributed by atoms with van der Waals surface area (Å²) in [6.07, 6.45) is 2.28. The number of rotatable bonds is 8. The molecule has 1 aromatic carbocycles. The Balaban J connectivity index is 2.53. The SMILES string of the molecule is CCNC(=NCC(O)(CC)CC)NCCc1cccc(Cl)c1. The smallest absolute Gasteiger partial charge is 0.191 e. The number of halogens is 1. The summed E-state index contributed by atoms with van der Waals surface area (Å²) in [6.45, 7) is 7.96. The average molecular weight is 326 g/mol. The molecule has 1 aromatic rings. The van der Waals surface area contributed by atoms with Crippen LogP contribution in [0.4, 0.5) is 0 Å². The lowest BCUT2D eigenvalue weighted by atomic mass is 9.98. The van der Waals surface area contributed by atoms with Crippen molar-refractivity contribution in [1.29, 1.82) is 0 Å². The van der Waals surface area contributed by atoms with Gasteiger partial charge in [-0.3, -0.25) is 4.99 Å². The number of guanidine groups is 1. The second-order valence-corrected chi connectivity index (χ2v) is 5.87. The second kappa shape index (κ2) is 9.70. The molecule has 0 aliphatic rings. The van der Waals surface area contributed by atoms with Gasteiger partial charge >= 0.3 is 0 Å². The lowest BCUT2D eigenvalue weighted by Crippen LogP contribution is -2.40. The number of aliphatic imine (C=N–C) groups is 1. The molecule has 0 aliphatic heterocycles. The number of hydrogen-bond donors (Lipinski definition) is 3. The van der Waals surface area contributed by atoms with E-state index < -0.39 is 5.60 Å². The van der Waals surface area contributed by atoms with E-state index in [-0.39, 0.29) is 0 Å². The molecule has 5 heteroatoms. The Labute approximate surface area is 139 Å². The Morgan fingerprint density at radius 2 is 1.95 bits per heavy atom. The lowest BCUT2D eigenvalue weighted by molar-refractivity contribution is 0.0418. The first-order valence-electron chi connectivity index (χ1n) is 8.02. The first-order valence-corrected chi connectivity index (χ1v) is 8.39. The van der Waals surface area contributed by atoms with Crippen molar-refractivity contribution < 1.29 is 5.11 Å². The normalized spacial score (nSPS) is 12.3. The van der Waals surface area contributed by atoms with Crippen LogP contribution in [0.5, 0.6) is 0 Å². The minimum atomic E-state index is -0.713. The molecule has 4 nitrogen and oxygen atoms in total. The van der Waals surface area contributed by atoms with Crippen LogP contribution in [0.2, 0.25) is 5.02 Å². The molecule has 0 aromatic heterocycles. The van der Waals surface area contributed by atoms with Gasteiger partial charge in [0, 0.05) is 18.1 Å².